The van der Waals surface area contributed by atoms with E-state index >= 15 is 0 Å². The minimum atomic E-state index is -3.02. The molecule has 0 saturated carbocycles. The largest absolute Gasteiger partial charge is 0.389 e. The molecule has 0 aliphatic heterocycles. The molecule has 1 atom stereocenters. The number of nitrogens with two attached hydrogens (primary N) is 1. The molecule has 3 N–H and O–H groups in total. The lowest BCUT2D eigenvalue weighted by Crippen LogP contribution is -2.26. The number of halogens is 1. The van der Waals surface area contributed by atoms with Crippen molar-refractivity contribution in [3.8, 4) is 0 Å². The fraction of sp³-hybridized carbons (Fsp3) is 0.364. The number of sulfone groups is 1. The average Bonchev–Trinajstić information content (AvgIpc) is 2.17. The summed E-state index contributed by atoms with van der Waals surface area (Å²) in [5, 5.41) is 3.11. The van der Waals surface area contributed by atoms with Crippen molar-refractivity contribution in [3.63, 3.8) is 0 Å². The fourth-order valence-electron chi connectivity index (χ4n) is 1.61. The van der Waals surface area contributed by atoms with Gasteiger partial charge in [-0.2, -0.15) is 0 Å². The summed E-state index contributed by atoms with van der Waals surface area (Å²) in [6, 6.07) is 5.25. The number of hydrogen-bond acceptors (Lipinski definition) is 4. The zero-order valence-corrected chi connectivity index (χ0v) is 13.3. The Morgan fingerprint density at radius 2 is 2.17 bits per heavy atom. The molecule has 0 fully saturated rings. The second-order valence-electron chi connectivity index (χ2n) is 4.19. The van der Waals surface area contributed by atoms with Gasteiger partial charge in [-0.3, -0.25) is 0 Å². The van der Waals surface area contributed by atoms with Crippen molar-refractivity contribution in [2.75, 3.05) is 17.3 Å². The Kier molecular flexibility index (Phi) is 5.12. The van der Waals surface area contributed by atoms with E-state index in [9.17, 15) is 8.42 Å². The van der Waals surface area contributed by atoms with Crippen molar-refractivity contribution in [1.29, 1.82) is 0 Å². The normalized spacial score (nSPS) is 13.1. The second-order valence-corrected chi connectivity index (χ2v) is 7.73. The van der Waals surface area contributed by atoms with Gasteiger partial charge in [0, 0.05) is 28.0 Å². The molecular weight excluding hydrogens is 336 g/mol. The van der Waals surface area contributed by atoms with Gasteiger partial charge in [-0.1, -0.05) is 28.1 Å². The molecule has 1 rings (SSSR count). The molecule has 18 heavy (non-hydrogen) atoms. The van der Waals surface area contributed by atoms with Gasteiger partial charge < -0.3 is 11.1 Å². The Labute approximate surface area is 121 Å². The van der Waals surface area contributed by atoms with Gasteiger partial charge in [0.2, 0.25) is 0 Å². The minimum Gasteiger partial charge on any atom is -0.389 e. The van der Waals surface area contributed by atoms with Crippen LogP contribution in [-0.2, 0) is 9.84 Å². The number of rotatable bonds is 5. The van der Waals surface area contributed by atoms with Gasteiger partial charge in [0.25, 0.3) is 0 Å². The second kappa shape index (κ2) is 5.99. The SMILES string of the molecule is CC(CS(C)(=O)=O)Nc1ccc(Br)cc1C(N)=S. The number of benzene rings is 1. The van der Waals surface area contributed by atoms with E-state index in [1.54, 1.807) is 13.0 Å². The maximum Gasteiger partial charge on any atom is 0.149 e. The third-order valence-electron chi connectivity index (χ3n) is 2.20. The number of thiocarbonyl (C=S) groups is 1. The van der Waals surface area contributed by atoms with Crippen molar-refractivity contribution in [2.45, 2.75) is 13.0 Å². The average molecular weight is 351 g/mol. The summed E-state index contributed by atoms with van der Waals surface area (Å²) in [5.74, 6) is 0.0554. The lowest BCUT2D eigenvalue weighted by molar-refractivity contribution is 0.598. The molecule has 1 unspecified atom stereocenters. The summed E-state index contributed by atoms with van der Waals surface area (Å²) in [7, 11) is -3.02. The molecule has 0 aliphatic carbocycles. The van der Waals surface area contributed by atoms with Gasteiger partial charge in [-0.05, 0) is 25.1 Å². The molecule has 0 amide bonds. The van der Waals surface area contributed by atoms with Crippen LogP contribution in [0.25, 0.3) is 0 Å². The third-order valence-corrected chi connectivity index (χ3v) is 4.02. The monoisotopic (exact) mass is 350 g/mol. The lowest BCUT2D eigenvalue weighted by atomic mass is 10.1. The summed E-state index contributed by atoms with van der Waals surface area (Å²) in [6.45, 7) is 1.80. The van der Waals surface area contributed by atoms with E-state index in [1.165, 1.54) is 6.26 Å². The predicted octanol–water partition coefficient (Wildman–Crippen LogP) is 1.93. The minimum absolute atomic E-state index is 0.0554. The fourth-order valence-corrected chi connectivity index (χ4v) is 3.13. The first-order valence-electron chi connectivity index (χ1n) is 5.22. The van der Waals surface area contributed by atoms with Crippen molar-refractivity contribution in [1.82, 2.24) is 0 Å². The van der Waals surface area contributed by atoms with Crippen LogP contribution in [-0.4, -0.2) is 31.5 Å². The summed E-state index contributed by atoms with van der Waals surface area (Å²) >= 11 is 8.31. The van der Waals surface area contributed by atoms with E-state index in [2.05, 4.69) is 21.2 Å². The lowest BCUT2D eigenvalue weighted by Gasteiger charge is -2.17. The van der Waals surface area contributed by atoms with Crippen molar-refractivity contribution >= 4 is 48.7 Å². The first kappa shape index (κ1) is 15.4. The molecule has 100 valence electrons. The third kappa shape index (κ3) is 4.91. The maximum atomic E-state index is 11.2. The van der Waals surface area contributed by atoms with Gasteiger partial charge in [0.15, 0.2) is 0 Å². The molecule has 0 spiro atoms. The van der Waals surface area contributed by atoms with E-state index in [1.807, 2.05) is 12.1 Å². The molecule has 4 nitrogen and oxygen atoms in total. The molecule has 0 bridgehead atoms. The van der Waals surface area contributed by atoms with Crippen LogP contribution >= 0.6 is 28.1 Å². The number of hydrogen-bond donors (Lipinski definition) is 2. The summed E-state index contributed by atoms with van der Waals surface area (Å²) < 4.78 is 23.3. The molecule has 1 aromatic carbocycles. The highest BCUT2D eigenvalue weighted by Crippen LogP contribution is 2.21. The van der Waals surface area contributed by atoms with Crippen LogP contribution in [0.2, 0.25) is 0 Å². The summed E-state index contributed by atoms with van der Waals surface area (Å²) in [5.41, 5.74) is 7.07. The van der Waals surface area contributed by atoms with Crippen LogP contribution in [0.15, 0.2) is 22.7 Å². The summed E-state index contributed by atoms with van der Waals surface area (Å²) in [6.07, 6.45) is 1.21. The number of anilines is 1. The van der Waals surface area contributed by atoms with Crippen molar-refractivity contribution in [3.05, 3.63) is 28.2 Å². The predicted molar refractivity (Wildman–Crippen MR) is 82.8 cm³/mol. The standard InChI is InChI=1S/C11H15BrN2O2S2/c1-7(6-18(2,15)16)14-10-4-3-8(12)5-9(10)11(13)17/h3-5,7,14H,6H2,1-2H3,(H2,13,17). The maximum absolute atomic E-state index is 11.2. The quantitative estimate of drug-likeness (QED) is 0.793. The van der Waals surface area contributed by atoms with E-state index in [-0.39, 0.29) is 16.8 Å². The Morgan fingerprint density at radius 1 is 1.56 bits per heavy atom. The van der Waals surface area contributed by atoms with Crippen LogP contribution in [0.3, 0.4) is 0 Å². The molecule has 1 aromatic rings. The highest BCUT2D eigenvalue weighted by Gasteiger charge is 2.13. The Balaban J connectivity index is 2.94. The van der Waals surface area contributed by atoms with Gasteiger partial charge in [-0.25, -0.2) is 8.42 Å². The molecule has 0 radical (unpaired) electrons. The Morgan fingerprint density at radius 3 is 2.67 bits per heavy atom. The zero-order valence-electron chi connectivity index (χ0n) is 10.1. The van der Waals surface area contributed by atoms with E-state index < -0.39 is 9.84 Å². The van der Waals surface area contributed by atoms with Crippen LogP contribution in [0.1, 0.15) is 12.5 Å². The highest BCUT2D eigenvalue weighted by atomic mass is 79.9. The van der Waals surface area contributed by atoms with Gasteiger partial charge >= 0.3 is 0 Å². The van der Waals surface area contributed by atoms with E-state index in [0.717, 1.165) is 10.2 Å². The molecule has 0 aliphatic rings. The molecule has 0 aromatic heterocycles. The van der Waals surface area contributed by atoms with Crippen molar-refractivity contribution < 1.29 is 8.42 Å². The van der Waals surface area contributed by atoms with Gasteiger partial charge in [-0.15, -0.1) is 0 Å². The van der Waals surface area contributed by atoms with Crippen LogP contribution in [0.4, 0.5) is 5.69 Å². The first-order valence-corrected chi connectivity index (χ1v) is 8.49. The highest BCUT2D eigenvalue weighted by molar-refractivity contribution is 9.10. The van der Waals surface area contributed by atoms with Crippen LogP contribution in [0, 0.1) is 0 Å². The first-order chi connectivity index (χ1) is 8.19. The molecular formula is C11H15BrN2O2S2. The zero-order chi connectivity index (χ0) is 13.9. The van der Waals surface area contributed by atoms with E-state index in [4.69, 9.17) is 18.0 Å². The van der Waals surface area contributed by atoms with E-state index in [0.29, 0.717) is 5.56 Å². The molecule has 0 saturated heterocycles. The van der Waals surface area contributed by atoms with Crippen LogP contribution < -0.4 is 11.1 Å². The molecule has 7 heteroatoms. The smallest absolute Gasteiger partial charge is 0.149 e. The topological polar surface area (TPSA) is 72.2 Å². The molecule has 0 heterocycles. The number of nitrogens with one attached hydrogen (secondary N) is 1. The van der Waals surface area contributed by atoms with Gasteiger partial charge in [0.05, 0.1) is 5.75 Å². The van der Waals surface area contributed by atoms with Gasteiger partial charge in [0.1, 0.15) is 14.8 Å². The van der Waals surface area contributed by atoms with Crippen LogP contribution in [0.5, 0.6) is 0 Å². The Bertz CT molecular complexity index is 558. The Hall–Kier alpha value is -0.660. The summed E-state index contributed by atoms with van der Waals surface area (Å²) in [4.78, 5) is 0.269. The van der Waals surface area contributed by atoms with Crippen molar-refractivity contribution in [2.24, 2.45) is 5.73 Å².